The minimum Gasteiger partial charge on any atom is -0.380 e. The lowest BCUT2D eigenvalue weighted by molar-refractivity contribution is 0.436. The van der Waals surface area contributed by atoms with Crippen LogP contribution in [-0.4, -0.2) is 5.16 Å². The van der Waals surface area contributed by atoms with Crippen molar-refractivity contribution in [3.05, 3.63) is 57.0 Å². The molecule has 0 aliphatic heterocycles. The summed E-state index contributed by atoms with van der Waals surface area (Å²) in [4.78, 5) is 0. The average molecular weight is 384 g/mol. The standard InChI is InChI=1S/C15H9BrCl2N2O/c16-9-3-1-2-8(6-9)13-14(21-20-15(13)19)11-5-4-10(17)7-12(11)18/h1-7H,(H2,19,20). The zero-order valence-electron chi connectivity index (χ0n) is 10.6. The minimum absolute atomic E-state index is 0.314. The molecule has 0 radical (unpaired) electrons. The van der Waals surface area contributed by atoms with E-state index in [4.69, 9.17) is 33.5 Å². The second-order valence-corrected chi connectivity index (χ2v) is 6.17. The maximum absolute atomic E-state index is 6.24. The molecular formula is C15H9BrCl2N2O. The van der Waals surface area contributed by atoms with Gasteiger partial charge in [-0.25, -0.2) is 0 Å². The molecule has 0 aliphatic rings. The van der Waals surface area contributed by atoms with Gasteiger partial charge in [-0.3, -0.25) is 0 Å². The molecule has 0 saturated heterocycles. The van der Waals surface area contributed by atoms with E-state index in [2.05, 4.69) is 21.1 Å². The summed E-state index contributed by atoms with van der Waals surface area (Å²) in [6.07, 6.45) is 0. The summed E-state index contributed by atoms with van der Waals surface area (Å²) in [6.45, 7) is 0. The number of halogens is 3. The summed E-state index contributed by atoms with van der Waals surface area (Å²) in [6, 6.07) is 12.9. The zero-order chi connectivity index (χ0) is 15.0. The zero-order valence-corrected chi connectivity index (χ0v) is 13.7. The first-order valence-electron chi connectivity index (χ1n) is 6.03. The van der Waals surface area contributed by atoms with Crippen LogP contribution in [0.2, 0.25) is 10.0 Å². The Morgan fingerprint density at radius 1 is 1.10 bits per heavy atom. The molecule has 2 N–H and O–H groups in total. The molecule has 0 fully saturated rings. The van der Waals surface area contributed by atoms with Crippen molar-refractivity contribution >= 4 is 44.9 Å². The van der Waals surface area contributed by atoms with Crippen LogP contribution in [-0.2, 0) is 0 Å². The molecule has 21 heavy (non-hydrogen) atoms. The second-order valence-electron chi connectivity index (χ2n) is 4.41. The van der Waals surface area contributed by atoms with E-state index in [0.29, 0.717) is 32.8 Å². The fourth-order valence-corrected chi connectivity index (χ4v) is 2.98. The van der Waals surface area contributed by atoms with E-state index in [0.717, 1.165) is 10.0 Å². The third kappa shape index (κ3) is 2.79. The summed E-state index contributed by atoms with van der Waals surface area (Å²) in [5.74, 6) is 0.835. The van der Waals surface area contributed by atoms with Crippen LogP contribution in [0.3, 0.4) is 0 Å². The predicted octanol–water partition coefficient (Wildman–Crippen LogP) is 5.66. The van der Waals surface area contributed by atoms with E-state index in [-0.39, 0.29) is 0 Å². The second kappa shape index (κ2) is 5.72. The van der Waals surface area contributed by atoms with Crippen molar-refractivity contribution in [2.24, 2.45) is 0 Å². The predicted molar refractivity (Wildman–Crippen MR) is 89.5 cm³/mol. The van der Waals surface area contributed by atoms with Crippen LogP contribution in [0.1, 0.15) is 0 Å². The molecule has 0 amide bonds. The molecule has 3 aromatic rings. The van der Waals surface area contributed by atoms with Gasteiger partial charge >= 0.3 is 0 Å². The van der Waals surface area contributed by atoms with Crippen LogP contribution in [0.15, 0.2) is 51.5 Å². The minimum atomic E-state index is 0.314. The molecule has 0 unspecified atom stereocenters. The van der Waals surface area contributed by atoms with Gasteiger partial charge in [0.15, 0.2) is 11.6 Å². The molecule has 0 aliphatic carbocycles. The largest absolute Gasteiger partial charge is 0.380 e. The van der Waals surface area contributed by atoms with E-state index in [9.17, 15) is 0 Å². The van der Waals surface area contributed by atoms with Gasteiger partial charge in [0.1, 0.15) is 0 Å². The SMILES string of the molecule is Nc1noc(-c2ccc(Cl)cc2Cl)c1-c1cccc(Br)c1. The van der Waals surface area contributed by atoms with E-state index in [1.54, 1.807) is 18.2 Å². The van der Waals surface area contributed by atoms with Crippen LogP contribution in [0.4, 0.5) is 5.82 Å². The molecule has 6 heteroatoms. The van der Waals surface area contributed by atoms with Crippen molar-refractivity contribution < 1.29 is 4.52 Å². The van der Waals surface area contributed by atoms with Gasteiger partial charge in [-0.1, -0.05) is 56.4 Å². The molecule has 0 saturated carbocycles. The van der Waals surface area contributed by atoms with Gasteiger partial charge in [-0.05, 0) is 35.9 Å². The van der Waals surface area contributed by atoms with Crippen LogP contribution < -0.4 is 5.73 Å². The fraction of sp³-hybridized carbons (Fsp3) is 0. The summed E-state index contributed by atoms with van der Waals surface area (Å²) < 4.78 is 6.32. The van der Waals surface area contributed by atoms with Gasteiger partial charge < -0.3 is 10.3 Å². The number of aromatic nitrogens is 1. The van der Waals surface area contributed by atoms with Crippen molar-refractivity contribution in [3.8, 4) is 22.5 Å². The van der Waals surface area contributed by atoms with Crippen LogP contribution in [0, 0.1) is 0 Å². The molecule has 106 valence electrons. The maximum Gasteiger partial charge on any atom is 0.178 e. The van der Waals surface area contributed by atoms with Crippen molar-refractivity contribution in [2.75, 3.05) is 5.73 Å². The first-order valence-corrected chi connectivity index (χ1v) is 7.57. The smallest absolute Gasteiger partial charge is 0.178 e. The summed E-state index contributed by atoms with van der Waals surface area (Å²) >= 11 is 15.6. The molecule has 1 heterocycles. The number of nitrogens with two attached hydrogens (primary N) is 1. The third-order valence-electron chi connectivity index (χ3n) is 3.01. The Hall–Kier alpha value is -1.49. The van der Waals surface area contributed by atoms with Gasteiger partial charge in [0.05, 0.1) is 10.6 Å². The van der Waals surface area contributed by atoms with E-state index >= 15 is 0 Å². The lowest BCUT2D eigenvalue weighted by Gasteiger charge is -2.05. The Morgan fingerprint density at radius 3 is 2.62 bits per heavy atom. The highest BCUT2D eigenvalue weighted by Gasteiger charge is 2.20. The highest BCUT2D eigenvalue weighted by Crippen LogP contribution is 2.40. The molecule has 3 rings (SSSR count). The molecule has 1 aromatic heterocycles. The van der Waals surface area contributed by atoms with Crippen LogP contribution in [0.25, 0.3) is 22.5 Å². The van der Waals surface area contributed by atoms with Gasteiger partial charge in [0.2, 0.25) is 0 Å². The number of anilines is 1. The first kappa shape index (κ1) is 14.4. The highest BCUT2D eigenvalue weighted by molar-refractivity contribution is 9.10. The quantitative estimate of drug-likeness (QED) is 0.621. The Morgan fingerprint density at radius 2 is 1.90 bits per heavy atom. The molecular weight excluding hydrogens is 375 g/mol. The highest BCUT2D eigenvalue weighted by atomic mass is 79.9. The van der Waals surface area contributed by atoms with E-state index < -0.39 is 0 Å². The normalized spacial score (nSPS) is 10.8. The lowest BCUT2D eigenvalue weighted by atomic mass is 10.0. The number of hydrogen-bond donors (Lipinski definition) is 1. The van der Waals surface area contributed by atoms with Gasteiger partial charge in [0.25, 0.3) is 0 Å². The Kier molecular flexibility index (Phi) is 3.93. The Labute approximate surface area is 139 Å². The summed E-state index contributed by atoms with van der Waals surface area (Å²) in [5.41, 5.74) is 8.25. The van der Waals surface area contributed by atoms with Crippen LogP contribution >= 0.6 is 39.1 Å². The fourth-order valence-electron chi connectivity index (χ4n) is 2.08. The molecule has 3 nitrogen and oxygen atoms in total. The Bertz CT molecular complexity index is 817. The third-order valence-corrected chi connectivity index (χ3v) is 4.05. The van der Waals surface area contributed by atoms with Crippen molar-refractivity contribution in [3.63, 3.8) is 0 Å². The molecule has 0 spiro atoms. The first-order chi connectivity index (χ1) is 10.1. The van der Waals surface area contributed by atoms with E-state index in [1.165, 1.54) is 0 Å². The number of nitrogen functional groups attached to an aromatic ring is 1. The molecule has 2 aromatic carbocycles. The van der Waals surface area contributed by atoms with Gasteiger partial charge in [-0.2, -0.15) is 0 Å². The monoisotopic (exact) mass is 382 g/mol. The lowest BCUT2D eigenvalue weighted by Crippen LogP contribution is -1.89. The van der Waals surface area contributed by atoms with Crippen molar-refractivity contribution in [1.29, 1.82) is 0 Å². The van der Waals surface area contributed by atoms with E-state index in [1.807, 2.05) is 24.3 Å². The number of rotatable bonds is 2. The average Bonchev–Trinajstić information content (AvgIpc) is 2.80. The summed E-state index contributed by atoms with van der Waals surface area (Å²) in [7, 11) is 0. The number of nitrogens with zero attached hydrogens (tertiary/aromatic N) is 1. The summed E-state index contributed by atoms with van der Waals surface area (Å²) in [5, 5.41) is 4.90. The topological polar surface area (TPSA) is 52.0 Å². The molecule has 0 atom stereocenters. The Balaban J connectivity index is 2.22. The van der Waals surface area contributed by atoms with Crippen molar-refractivity contribution in [2.45, 2.75) is 0 Å². The van der Waals surface area contributed by atoms with Gasteiger partial charge in [0, 0.05) is 15.1 Å². The van der Waals surface area contributed by atoms with Crippen LogP contribution in [0.5, 0.6) is 0 Å². The van der Waals surface area contributed by atoms with Crippen molar-refractivity contribution in [1.82, 2.24) is 5.16 Å². The number of benzene rings is 2. The number of hydrogen-bond acceptors (Lipinski definition) is 3. The van der Waals surface area contributed by atoms with Gasteiger partial charge in [-0.15, -0.1) is 0 Å². The maximum atomic E-state index is 6.24. The molecule has 0 bridgehead atoms.